The molecule has 1 N–H and O–H groups in total. The maximum absolute atomic E-state index is 14.6. The molecule has 4 heterocycles. The van der Waals surface area contributed by atoms with Crippen molar-refractivity contribution in [2.45, 2.75) is 83.4 Å². The minimum absolute atomic E-state index is 0.0299. The lowest BCUT2D eigenvalue weighted by Crippen LogP contribution is -2.68. The number of amides is 3. The number of carbonyl (C=O) groups excluding carboxylic acids is 2. The van der Waals surface area contributed by atoms with Gasteiger partial charge >= 0.3 is 6.03 Å². The molecular formula is C39H53ClN4O6S. The molecule has 7 atom stereocenters. The minimum Gasteiger partial charge on any atom is -0.491 e. The maximum atomic E-state index is 14.6. The summed E-state index contributed by atoms with van der Waals surface area (Å²) in [5, 5.41) is 0.715. The molecular weight excluding hydrogens is 688 g/mol. The summed E-state index contributed by atoms with van der Waals surface area (Å²) in [7, 11) is -1.74. The third kappa shape index (κ3) is 8.92. The van der Waals surface area contributed by atoms with Crippen LogP contribution in [-0.4, -0.2) is 85.0 Å². The quantitative estimate of drug-likeness (QED) is 0.320. The van der Waals surface area contributed by atoms with E-state index < -0.39 is 21.9 Å². The van der Waals surface area contributed by atoms with Crippen molar-refractivity contribution < 1.29 is 28.0 Å². The second-order valence-electron chi connectivity index (χ2n) is 14.8. The number of nitrogens with one attached hydrogen (secondary N) is 1. The van der Waals surface area contributed by atoms with Gasteiger partial charge in [0.15, 0.2) is 0 Å². The van der Waals surface area contributed by atoms with E-state index in [1.165, 1.54) is 0 Å². The Bertz CT molecular complexity index is 1680. The van der Waals surface area contributed by atoms with Crippen LogP contribution in [0.15, 0.2) is 69.6 Å². The predicted molar refractivity (Wildman–Crippen MR) is 203 cm³/mol. The Morgan fingerprint density at radius 3 is 2.67 bits per heavy atom. The number of fused-ring (bicyclic) bond motifs is 4. The average molecular weight is 741 g/mol. The molecule has 51 heavy (non-hydrogen) atoms. The van der Waals surface area contributed by atoms with E-state index in [4.69, 9.17) is 25.8 Å². The fraction of sp³-hybridized carbons (Fsp3) is 0.590. The van der Waals surface area contributed by atoms with Gasteiger partial charge in [-0.25, -0.2) is 9.00 Å². The molecule has 0 aromatic heterocycles. The molecule has 1 aliphatic carbocycles. The van der Waals surface area contributed by atoms with Gasteiger partial charge in [-0.15, -0.1) is 4.36 Å². The predicted octanol–water partition coefficient (Wildman–Crippen LogP) is 7.41. The molecule has 3 fully saturated rings. The minimum atomic E-state index is -3.50. The molecule has 3 unspecified atom stereocenters. The lowest BCUT2D eigenvalue weighted by molar-refractivity contribution is -0.0985. The first kappa shape index (κ1) is 37.6. The van der Waals surface area contributed by atoms with Crippen LogP contribution in [0.1, 0.15) is 75.6 Å². The topological polar surface area (TPSA) is 110 Å². The number of morpholine rings is 1. The molecule has 5 aliphatic rings. The van der Waals surface area contributed by atoms with Gasteiger partial charge in [0.1, 0.15) is 15.7 Å². The van der Waals surface area contributed by atoms with Gasteiger partial charge < -0.3 is 24.0 Å². The van der Waals surface area contributed by atoms with Crippen LogP contribution in [0.5, 0.6) is 5.75 Å². The van der Waals surface area contributed by atoms with E-state index in [0.29, 0.717) is 61.9 Å². The van der Waals surface area contributed by atoms with Crippen molar-refractivity contribution in [1.29, 1.82) is 0 Å². The SMILES string of the molecule is C=C/C1=C(\C=C(/C)Cl)CCCCCOc2ccc3cc2N(C1)C[C@@H]1CC[C@H]1[C@@H](OC)/C=C/C[C@H](C)CS(=O)(NC(=O)N1C2COCC1C2)=NC3=O. The first-order valence-electron chi connectivity index (χ1n) is 18.4. The van der Waals surface area contributed by atoms with E-state index >= 15 is 0 Å². The Balaban J connectivity index is 1.44. The van der Waals surface area contributed by atoms with Crippen LogP contribution in [-0.2, 0) is 19.4 Å². The Hall–Kier alpha value is -3.12. The summed E-state index contributed by atoms with van der Waals surface area (Å²) >= 11 is 6.44. The summed E-state index contributed by atoms with van der Waals surface area (Å²) in [4.78, 5) is 31.6. The normalized spacial score (nSPS) is 34.2. The lowest BCUT2D eigenvalue weighted by atomic mass is 9.70. The highest BCUT2D eigenvalue weighted by Gasteiger charge is 2.46. The standard InChI is InChI=1S/C39H53ClN4O6S/c1-5-28-21-43-22-31-13-15-34(31)36(48-4)12-9-10-26(2)25-51(47,42-39(46)44-32-20-33(44)24-49-23-32)41-38(45)30-14-16-37(35(43)19-30)50-17-8-6-7-11-29(28)18-27(3)40/h5,9,12,14,16,18-19,26,31-34,36H,1,6-8,10-11,13,15,17,20-25H2,2-4H3,(H,41,42,45,46,47)/b12-9+,27-18+,29-28+/t26-,31-,32?,33?,34+,36-,51?/m0/s1. The van der Waals surface area contributed by atoms with Gasteiger partial charge in [0, 0.05) is 30.8 Å². The van der Waals surface area contributed by atoms with Gasteiger partial charge in [0.25, 0.3) is 5.91 Å². The van der Waals surface area contributed by atoms with Crippen molar-refractivity contribution in [2.24, 2.45) is 22.1 Å². The molecule has 1 saturated carbocycles. The average Bonchev–Trinajstić information content (AvgIpc) is 3.07. The number of allylic oxidation sites excluding steroid dienone is 4. The molecule has 6 rings (SSSR count). The van der Waals surface area contributed by atoms with E-state index in [1.807, 2.05) is 38.1 Å². The van der Waals surface area contributed by atoms with Crippen molar-refractivity contribution in [3.05, 3.63) is 70.8 Å². The third-order valence-corrected chi connectivity index (χ3v) is 13.0. The number of ether oxygens (including phenoxy) is 3. The molecule has 2 saturated heterocycles. The zero-order chi connectivity index (χ0) is 36.1. The Kier molecular flexibility index (Phi) is 12.3. The number of methoxy groups -OCH3 is 1. The van der Waals surface area contributed by atoms with E-state index in [1.54, 1.807) is 18.1 Å². The molecule has 1 aromatic carbocycles. The highest BCUT2D eigenvalue weighted by molar-refractivity contribution is 7.92. The van der Waals surface area contributed by atoms with Crippen LogP contribution in [0, 0.1) is 17.8 Å². The summed E-state index contributed by atoms with van der Waals surface area (Å²) in [6, 6.07) is 4.73. The highest BCUT2D eigenvalue weighted by Crippen LogP contribution is 2.42. The molecule has 4 aliphatic heterocycles. The lowest BCUT2D eigenvalue weighted by Gasteiger charge is -2.51. The zero-order valence-corrected chi connectivity index (χ0v) is 31.8. The number of nitrogens with zero attached hydrogens (tertiary/aromatic N) is 3. The van der Waals surface area contributed by atoms with Gasteiger partial charge in [-0.05, 0) is 111 Å². The summed E-state index contributed by atoms with van der Waals surface area (Å²) in [6.45, 7) is 10.8. The first-order chi connectivity index (χ1) is 24.6. The Morgan fingerprint density at radius 1 is 1.18 bits per heavy atom. The number of anilines is 1. The van der Waals surface area contributed by atoms with E-state index in [9.17, 15) is 13.8 Å². The number of benzene rings is 1. The summed E-state index contributed by atoms with van der Waals surface area (Å²) in [5.74, 6) is 0.589. The summed E-state index contributed by atoms with van der Waals surface area (Å²) in [6.07, 6.45) is 15.4. The van der Waals surface area contributed by atoms with Gasteiger partial charge in [0.2, 0.25) is 0 Å². The Morgan fingerprint density at radius 2 is 1.98 bits per heavy atom. The zero-order valence-electron chi connectivity index (χ0n) is 30.2. The third-order valence-electron chi connectivity index (χ3n) is 11.0. The molecule has 1 aromatic rings. The first-order valence-corrected chi connectivity index (χ1v) is 20.5. The van der Waals surface area contributed by atoms with E-state index in [-0.39, 0.29) is 35.4 Å². The van der Waals surface area contributed by atoms with Gasteiger partial charge in [-0.1, -0.05) is 43.3 Å². The summed E-state index contributed by atoms with van der Waals surface area (Å²) < 4.78 is 39.6. The van der Waals surface area contributed by atoms with Gasteiger partial charge in [-0.3, -0.25) is 9.52 Å². The van der Waals surface area contributed by atoms with E-state index in [2.05, 4.69) is 32.7 Å². The van der Waals surface area contributed by atoms with Crippen LogP contribution in [0.2, 0.25) is 0 Å². The second-order valence-corrected chi connectivity index (χ2v) is 17.4. The molecule has 0 spiro atoms. The van der Waals surface area contributed by atoms with Crippen LogP contribution < -0.4 is 14.4 Å². The van der Waals surface area contributed by atoms with Crippen molar-refractivity contribution in [2.75, 3.05) is 50.7 Å². The van der Waals surface area contributed by atoms with Crippen LogP contribution in [0.4, 0.5) is 10.5 Å². The van der Waals surface area contributed by atoms with Crippen LogP contribution in [0.3, 0.4) is 0 Å². The second kappa shape index (κ2) is 16.7. The van der Waals surface area contributed by atoms with Crippen molar-refractivity contribution >= 4 is 39.1 Å². The van der Waals surface area contributed by atoms with Crippen LogP contribution >= 0.6 is 11.6 Å². The monoisotopic (exact) mass is 740 g/mol. The van der Waals surface area contributed by atoms with Gasteiger partial charge in [0.05, 0.1) is 49.4 Å². The number of halogens is 1. The number of carbonyl (C=O) groups is 2. The molecule has 12 heteroatoms. The molecule has 10 nitrogen and oxygen atoms in total. The highest BCUT2D eigenvalue weighted by atomic mass is 35.5. The number of urea groups is 1. The van der Waals surface area contributed by atoms with Gasteiger partial charge in [-0.2, -0.15) is 0 Å². The van der Waals surface area contributed by atoms with Crippen molar-refractivity contribution in [3.8, 4) is 5.75 Å². The fourth-order valence-electron chi connectivity index (χ4n) is 8.09. The maximum Gasteiger partial charge on any atom is 0.330 e. The molecule has 3 amide bonds. The molecule has 0 radical (unpaired) electrons. The van der Waals surface area contributed by atoms with Crippen LogP contribution in [0.25, 0.3) is 0 Å². The van der Waals surface area contributed by atoms with E-state index in [0.717, 1.165) is 61.8 Å². The number of hydrogen-bond donors (Lipinski definition) is 1. The fourth-order valence-corrected chi connectivity index (χ4v) is 10.1. The summed E-state index contributed by atoms with van der Waals surface area (Å²) in [5.41, 5.74) is 3.27. The molecule has 4 bridgehead atoms. The molecule has 278 valence electrons. The van der Waals surface area contributed by atoms with Crippen molar-refractivity contribution in [3.63, 3.8) is 0 Å². The Labute approximate surface area is 308 Å². The van der Waals surface area contributed by atoms with Crippen molar-refractivity contribution in [1.82, 2.24) is 9.62 Å². The number of rotatable bonds is 4. The number of hydrogen-bond acceptors (Lipinski definition) is 7. The largest absolute Gasteiger partial charge is 0.491 e. The smallest absolute Gasteiger partial charge is 0.330 e.